The molecule has 1 aromatic rings. The number of allylic oxidation sites excluding steroid dienone is 1. The highest BCUT2D eigenvalue weighted by Crippen LogP contribution is 2.49. The predicted molar refractivity (Wildman–Crippen MR) is 107 cm³/mol. The predicted octanol–water partition coefficient (Wildman–Crippen LogP) is 4.36. The summed E-state index contributed by atoms with van der Waals surface area (Å²) in [5.41, 5.74) is 1.84. The van der Waals surface area contributed by atoms with Crippen LogP contribution in [0.5, 0.6) is 0 Å². The molecule has 1 aromatic carbocycles. The zero-order chi connectivity index (χ0) is 19.9. The molecule has 0 N–H and O–H groups in total. The molecule has 2 heterocycles. The number of epoxide rings is 1. The molecule has 2 saturated heterocycles. The Morgan fingerprint density at radius 2 is 2.11 bits per heavy atom. The average Bonchev–Trinajstić information content (AvgIpc) is 3.26. The zero-order valence-electron chi connectivity index (χ0n) is 15.8. The Bertz CT molecular complexity index is 843. The smallest absolute Gasteiger partial charge is 0.338 e. The van der Waals surface area contributed by atoms with Crippen LogP contribution in [0.4, 0.5) is 0 Å². The molecule has 2 fully saturated rings. The van der Waals surface area contributed by atoms with Crippen molar-refractivity contribution in [3.05, 3.63) is 58.1 Å². The van der Waals surface area contributed by atoms with Gasteiger partial charge in [0.15, 0.2) is 0 Å². The number of carbonyl (C=O) groups is 2. The lowest BCUT2D eigenvalue weighted by atomic mass is 9.84. The van der Waals surface area contributed by atoms with Crippen LogP contribution in [0.1, 0.15) is 43.0 Å². The molecule has 0 saturated carbocycles. The van der Waals surface area contributed by atoms with Gasteiger partial charge >= 0.3 is 11.9 Å². The normalized spacial score (nSPS) is 31.9. The first-order chi connectivity index (χ1) is 13.4. The average molecular weight is 447 g/mol. The van der Waals surface area contributed by atoms with Gasteiger partial charge in [0, 0.05) is 16.0 Å². The van der Waals surface area contributed by atoms with E-state index in [0.29, 0.717) is 11.1 Å². The van der Waals surface area contributed by atoms with Crippen molar-refractivity contribution in [1.82, 2.24) is 0 Å². The Hall–Kier alpha value is -1.92. The lowest BCUT2D eigenvalue weighted by Crippen LogP contribution is -2.29. The van der Waals surface area contributed by atoms with E-state index in [1.165, 1.54) is 0 Å². The molecule has 0 unspecified atom stereocenters. The number of ether oxygens (including phenoxy) is 3. The van der Waals surface area contributed by atoms with E-state index in [0.717, 1.165) is 35.7 Å². The van der Waals surface area contributed by atoms with Crippen molar-refractivity contribution >= 4 is 27.9 Å². The van der Waals surface area contributed by atoms with E-state index in [2.05, 4.69) is 35.5 Å². The third kappa shape index (κ3) is 3.80. The second-order valence-corrected chi connectivity index (χ2v) is 8.79. The summed E-state index contributed by atoms with van der Waals surface area (Å²) in [7, 11) is 0. The number of benzene rings is 1. The first-order valence-corrected chi connectivity index (χ1v) is 10.3. The number of esters is 2. The lowest BCUT2D eigenvalue weighted by molar-refractivity contribution is -0.140. The molecular formula is C22H23BrO5. The zero-order valence-corrected chi connectivity index (χ0v) is 17.4. The molecule has 4 atom stereocenters. The first-order valence-electron chi connectivity index (χ1n) is 9.55. The monoisotopic (exact) mass is 446 g/mol. The molecule has 6 heteroatoms. The minimum absolute atomic E-state index is 0.0501. The Morgan fingerprint density at radius 1 is 1.36 bits per heavy atom. The molecule has 4 rings (SSSR count). The molecular weight excluding hydrogens is 424 g/mol. The molecule has 0 radical (unpaired) electrons. The van der Waals surface area contributed by atoms with E-state index in [-0.39, 0.29) is 42.3 Å². The van der Waals surface area contributed by atoms with Crippen molar-refractivity contribution < 1.29 is 23.8 Å². The van der Waals surface area contributed by atoms with Crippen molar-refractivity contribution in [2.24, 2.45) is 5.92 Å². The van der Waals surface area contributed by atoms with Gasteiger partial charge in [-0.05, 0) is 62.4 Å². The molecule has 0 aromatic heterocycles. The highest BCUT2D eigenvalue weighted by atomic mass is 79.9. The third-order valence-corrected chi connectivity index (χ3v) is 6.44. The van der Waals surface area contributed by atoms with Gasteiger partial charge in [-0.15, -0.1) is 0 Å². The van der Waals surface area contributed by atoms with Crippen molar-refractivity contribution in [3.63, 3.8) is 0 Å². The van der Waals surface area contributed by atoms with Gasteiger partial charge in [-0.25, -0.2) is 9.59 Å². The van der Waals surface area contributed by atoms with Gasteiger partial charge in [0.05, 0.1) is 11.2 Å². The first kappa shape index (κ1) is 19.4. The molecule has 0 bridgehead atoms. The number of hydrogen-bond donors (Lipinski definition) is 0. The Labute approximate surface area is 172 Å². The minimum atomic E-state index is -0.343. The number of carbonyl (C=O) groups excluding carboxylic acids is 2. The van der Waals surface area contributed by atoms with Crippen molar-refractivity contribution in [1.29, 1.82) is 0 Å². The third-order valence-electron chi connectivity index (χ3n) is 5.91. The fraction of sp³-hybridized carbons (Fsp3) is 0.455. The van der Waals surface area contributed by atoms with Gasteiger partial charge in [-0.2, -0.15) is 0 Å². The number of halogens is 1. The van der Waals surface area contributed by atoms with Crippen LogP contribution in [0.3, 0.4) is 0 Å². The van der Waals surface area contributed by atoms with E-state index in [1.807, 2.05) is 12.1 Å². The van der Waals surface area contributed by atoms with Crippen molar-refractivity contribution in [3.8, 4) is 0 Å². The van der Waals surface area contributed by atoms with Crippen LogP contribution >= 0.6 is 15.9 Å². The van der Waals surface area contributed by atoms with Crippen molar-refractivity contribution in [2.75, 3.05) is 6.61 Å². The molecule has 0 amide bonds. The fourth-order valence-electron chi connectivity index (χ4n) is 4.08. The quantitative estimate of drug-likeness (QED) is 0.298. The summed E-state index contributed by atoms with van der Waals surface area (Å²) in [6.45, 7) is 6.24. The highest BCUT2D eigenvalue weighted by molar-refractivity contribution is 9.10. The molecule has 0 spiro atoms. The number of hydrogen-bond acceptors (Lipinski definition) is 5. The van der Waals surface area contributed by atoms with Crippen LogP contribution in [0, 0.1) is 5.92 Å². The van der Waals surface area contributed by atoms with Crippen LogP contribution in [-0.4, -0.2) is 36.4 Å². The van der Waals surface area contributed by atoms with Crippen LogP contribution in [0.25, 0.3) is 0 Å². The topological polar surface area (TPSA) is 65.1 Å². The van der Waals surface area contributed by atoms with Gasteiger partial charge in [-0.1, -0.05) is 28.6 Å². The summed E-state index contributed by atoms with van der Waals surface area (Å²) in [6, 6.07) is 7.09. The summed E-state index contributed by atoms with van der Waals surface area (Å²) >= 11 is 3.36. The Kier molecular flexibility index (Phi) is 5.19. The maximum atomic E-state index is 12.3. The summed E-state index contributed by atoms with van der Waals surface area (Å²) < 4.78 is 17.9. The molecule has 1 aliphatic carbocycles. The fourth-order valence-corrected chi connectivity index (χ4v) is 4.34. The molecule has 3 aliphatic rings. The SMILES string of the molecule is C=C1C(=O)O[C@H]2[C@H]1CCC(COC(=O)c1ccc(Br)cc1)=CCC[C@@]1(C)O[C@@H]21. The van der Waals surface area contributed by atoms with Gasteiger partial charge in [0.1, 0.15) is 18.8 Å². The second-order valence-electron chi connectivity index (χ2n) is 7.88. The van der Waals surface area contributed by atoms with Crippen LogP contribution in [0.15, 0.2) is 52.5 Å². The van der Waals surface area contributed by atoms with Gasteiger partial charge < -0.3 is 14.2 Å². The van der Waals surface area contributed by atoms with Gasteiger partial charge in [-0.3, -0.25) is 0 Å². The molecule has 5 nitrogen and oxygen atoms in total. The summed E-state index contributed by atoms with van der Waals surface area (Å²) in [4.78, 5) is 24.3. The van der Waals surface area contributed by atoms with Crippen molar-refractivity contribution in [2.45, 2.75) is 50.4 Å². The maximum absolute atomic E-state index is 12.3. The molecule has 148 valence electrons. The standard InChI is InChI=1S/C22H23BrO5/c1-13-17-10-5-14(12-26-21(25)15-6-8-16(23)9-7-15)4-3-11-22(2)19(28-22)18(17)27-20(13)24/h4,6-9,17-19H,1,3,5,10-12H2,2H3/t17-,18-,19-,22+/m0/s1. The summed E-state index contributed by atoms with van der Waals surface area (Å²) in [5.74, 6) is -0.716. The molecule has 28 heavy (non-hydrogen) atoms. The summed E-state index contributed by atoms with van der Waals surface area (Å²) in [6.07, 6.45) is 4.97. The Balaban J connectivity index is 1.43. The lowest BCUT2D eigenvalue weighted by Gasteiger charge is -2.20. The van der Waals surface area contributed by atoms with Crippen LogP contribution in [-0.2, 0) is 19.0 Å². The largest absolute Gasteiger partial charge is 0.458 e. The second kappa shape index (κ2) is 7.48. The van der Waals surface area contributed by atoms with Gasteiger partial charge in [0.25, 0.3) is 0 Å². The van der Waals surface area contributed by atoms with E-state index in [4.69, 9.17) is 14.2 Å². The minimum Gasteiger partial charge on any atom is -0.458 e. The van der Waals surface area contributed by atoms with E-state index in [9.17, 15) is 9.59 Å². The number of fused-ring (bicyclic) bond motifs is 3. The van der Waals surface area contributed by atoms with E-state index >= 15 is 0 Å². The van der Waals surface area contributed by atoms with E-state index < -0.39 is 0 Å². The van der Waals surface area contributed by atoms with E-state index in [1.54, 1.807) is 12.1 Å². The maximum Gasteiger partial charge on any atom is 0.338 e. The highest BCUT2D eigenvalue weighted by Gasteiger charge is 2.61. The summed E-state index contributed by atoms with van der Waals surface area (Å²) in [5, 5.41) is 0. The van der Waals surface area contributed by atoms with Crippen LogP contribution in [0.2, 0.25) is 0 Å². The Morgan fingerprint density at radius 3 is 2.86 bits per heavy atom. The van der Waals surface area contributed by atoms with Gasteiger partial charge in [0.2, 0.25) is 0 Å². The van der Waals surface area contributed by atoms with Crippen LogP contribution < -0.4 is 0 Å². The number of rotatable bonds is 3. The molecule has 2 aliphatic heterocycles.